The summed E-state index contributed by atoms with van der Waals surface area (Å²) in [6, 6.07) is 10.6. The van der Waals surface area contributed by atoms with E-state index in [9.17, 15) is 0 Å². The third kappa shape index (κ3) is 4.01. The van der Waals surface area contributed by atoms with Gasteiger partial charge in [0.25, 0.3) is 0 Å². The highest BCUT2D eigenvalue weighted by Gasteiger charge is 2.35. The van der Waals surface area contributed by atoms with Crippen LogP contribution in [0.4, 0.5) is 0 Å². The molecule has 1 nitrogen and oxygen atoms in total. The summed E-state index contributed by atoms with van der Waals surface area (Å²) in [5.74, 6) is 0. The van der Waals surface area contributed by atoms with Gasteiger partial charge in [-0.3, -0.25) is 0 Å². The number of benzene rings is 1. The number of rotatable bonds is 2. The fourth-order valence-corrected chi connectivity index (χ4v) is 2.60. The van der Waals surface area contributed by atoms with Gasteiger partial charge >= 0.3 is 0 Å². The third-order valence-electron chi connectivity index (χ3n) is 4.00. The van der Waals surface area contributed by atoms with Crippen molar-refractivity contribution in [2.45, 2.75) is 51.5 Å². The summed E-state index contributed by atoms with van der Waals surface area (Å²) in [6.07, 6.45) is 5.88. The Morgan fingerprint density at radius 1 is 1.00 bits per heavy atom. The third-order valence-corrected chi connectivity index (χ3v) is 4.00. The molecule has 2 heteroatoms. The Labute approximate surface area is 111 Å². The van der Waals surface area contributed by atoms with Gasteiger partial charge in [0.05, 0.1) is 0 Å². The molecule has 1 aromatic rings. The highest BCUT2D eigenvalue weighted by Crippen LogP contribution is 2.40. The lowest BCUT2D eigenvalue weighted by molar-refractivity contribution is 0.164. The van der Waals surface area contributed by atoms with Crippen LogP contribution in [0.5, 0.6) is 0 Å². The van der Waals surface area contributed by atoms with Gasteiger partial charge in [0.1, 0.15) is 0 Å². The first-order valence-corrected chi connectivity index (χ1v) is 6.32. The molecule has 0 spiro atoms. The molecule has 2 rings (SSSR count). The Morgan fingerprint density at radius 3 is 2.06 bits per heavy atom. The van der Waals surface area contributed by atoms with Crippen molar-refractivity contribution in [3.8, 4) is 0 Å². The second kappa shape index (κ2) is 5.41. The van der Waals surface area contributed by atoms with Crippen molar-refractivity contribution in [3.05, 3.63) is 35.9 Å². The van der Waals surface area contributed by atoms with Gasteiger partial charge in [-0.15, -0.1) is 12.4 Å². The van der Waals surface area contributed by atoms with Crippen LogP contribution < -0.4 is 5.73 Å². The zero-order chi connectivity index (χ0) is 11.6. The Balaban J connectivity index is 0.00000144. The number of halogens is 1. The van der Waals surface area contributed by atoms with Crippen LogP contribution in [0.15, 0.2) is 30.3 Å². The summed E-state index contributed by atoms with van der Waals surface area (Å²) in [6.45, 7) is 4.71. The molecule has 2 N–H and O–H groups in total. The lowest BCUT2D eigenvalue weighted by Crippen LogP contribution is -2.46. The monoisotopic (exact) mass is 253 g/mol. The Hall–Kier alpha value is -0.530. The molecule has 0 saturated heterocycles. The minimum absolute atomic E-state index is 0. The molecule has 0 atom stereocenters. The lowest BCUT2D eigenvalue weighted by atomic mass is 9.68. The zero-order valence-corrected chi connectivity index (χ0v) is 11.7. The topological polar surface area (TPSA) is 26.0 Å². The van der Waals surface area contributed by atoms with E-state index < -0.39 is 0 Å². The van der Waals surface area contributed by atoms with E-state index in [-0.39, 0.29) is 17.9 Å². The summed E-state index contributed by atoms with van der Waals surface area (Å²) in [4.78, 5) is 0. The molecule has 17 heavy (non-hydrogen) atoms. The molecule has 96 valence electrons. The quantitative estimate of drug-likeness (QED) is 0.849. The molecule has 0 heterocycles. The fourth-order valence-electron chi connectivity index (χ4n) is 2.60. The lowest BCUT2D eigenvalue weighted by Gasteiger charge is -2.41. The Morgan fingerprint density at radius 2 is 1.53 bits per heavy atom. The molecular weight excluding hydrogens is 230 g/mol. The number of hydrogen-bond acceptors (Lipinski definition) is 1. The van der Waals surface area contributed by atoms with E-state index in [0.29, 0.717) is 5.41 Å². The summed E-state index contributed by atoms with van der Waals surface area (Å²) in [5.41, 5.74) is 8.43. The molecule has 1 aliphatic rings. The minimum atomic E-state index is 0. The predicted octanol–water partition coefficient (Wildman–Crippen LogP) is 3.95. The van der Waals surface area contributed by atoms with Crippen molar-refractivity contribution in [1.82, 2.24) is 0 Å². The highest BCUT2D eigenvalue weighted by molar-refractivity contribution is 5.85. The van der Waals surface area contributed by atoms with E-state index in [2.05, 4.69) is 44.2 Å². The van der Waals surface area contributed by atoms with E-state index >= 15 is 0 Å². The van der Waals surface area contributed by atoms with Gasteiger partial charge in [-0.2, -0.15) is 0 Å². The van der Waals surface area contributed by atoms with Crippen LogP contribution in [0.3, 0.4) is 0 Å². The van der Waals surface area contributed by atoms with Crippen molar-refractivity contribution >= 4 is 12.4 Å². The normalized spacial score (nSPS) is 21.6. The van der Waals surface area contributed by atoms with Crippen LogP contribution >= 0.6 is 12.4 Å². The smallest absolute Gasteiger partial charge is 0.0195 e. The van der Waals surface area contributed by atoms with Crippen LogP contribution in [0.1, 0.15) is 45.1 Å². The molecule has 1 fully saturated rings. The average molecular weight is 254 g/mol. The maximum absolute atomic E-state index is 6.51. The summed E-state index contributed by atoms with van der Waals surface area (Å²) in [5, 5.41) is 0. The first-order valence-electron chi connectivity index (χ1n) is 6.32. The molecule has 0 radical (unpaired) electrons. The first-order chi connectivity index (χ1) is 7.49. The van der Waals surface area contributed by atoms with Gasteiger partial charge in [0.15, 0.2) is 0 Å². The van der Waals surface area contributed by atoms with Crippen molar-refractivity contribution in [3.63, 3.8) is 0 Å². The van der Waals surface area contributed by atoms with Gasteiger partial charge in [-0.1, -0.05) is 44.2 Å². The number of nitrogens with two attached hydrogens (primary N) is 1. The SMILES string of the molecule is CC1(C)CCC(N)(Cc2ccccc2)CC1.Cl. The van der Waals surface area contributed by atoms with Crippen LogP contribution in [0.25, 0.3) is 0 Å². The predicted molar refractivity (Wildman–Crippen MR) is 76.6 cm³/mol. The fraction of sp³-hybridized carbons (Fsp3) is 0.600. The van der Waals surface area contributed by atoms with Gasteiger partial charge in [-0.25, -0.2) is 0 Å². The molecule has 0 unspecified atom stereocenters. The number of hydrogen-bond donors (Lipinski definition) is 1. The summed E-state index contributed by atoms with van der Waals surface area (Å²) >= 11 is 0. The minimum Gasteiger partial charge on any atom is -0.325 e. The molecule has 1 aliphatic carbocycles. The van der Waals surface area contributed by atoms with Gasteiger partial charge in [0.2, 0.25) is 0 Å². The van der Waals surface area contributed by atoms with E-state index in [1.807, 2.05) is 0 Å². The van der Waals surface area contributed by atoms with Crippen molar-refractivity contribution in [2.24, 2.45) is 11.1 Å². The van der Waals surface area contributed by atoms with Gasteiger partial charge in [0, 0.05) is 5.54 Å². The Kier molecular flexibility index (Phi) is 4.62. The first kappa shape index (κ1) is 14.5. The van der Waals surface area contributed by atoms with E-state index in [4.69, 9.17) is 5.73 Å². The van der Waals surface area contributed by atoms with Crippen molar-refractivity contribution in [1.29, 1.82) is 0 Å². The van der Waals surface area contributed by atoms with Gasteiger partial charge in [-0.05, 0) is 43.1 Å². The second-order valence-corrected chi connectivity index (χ2v) is 6.19. The van der Waals surface area contributed by atoms with E-state index in [1.165, 1.54) is 18.4 Å². The summed E-state index contributed by atoms with van der Waals surface area (Å²) in [7, 11) is 0. The largest absolute Gasteiger partial charge is 0.325 e. The highest BCUT2D eigenvalue weighted by atomic mass is 35.5. The standard InChI is InChI=1S/C15H23N.ClH/c1-14(2)8-10-15(16,11-9-14)12-13-6-4-3-5-7-13;/h3-7H,8-12,16H2,1-2H3;1H. The molecule has 0 amide bonds. The second-order valence-electron chi connectivity index (χ2n) is 6.19. The van der Waals surface area contributed by atoms with E-state index in [0.717, 1.165) is 19.3 Å². The van der Waals surface area contributed by atoms with Crippen molar-refractivity contribution < 1.29 is 0 Å². The van der Waals surface area contributed by atoms with E-state index in [1.54, 1.807) is 0 Å². The molecular formula is C15H24ClN. The van der Waals surface area contributed by atoms with Crippen molar-refractivity contribution in [2.75, 3.05) is 0 Å². The molecule has 0 aromatic heterocycles. The maximum atomic E-state index is 6.51. The van der Waals surface area contributed by atoms with Crippen LogP contribution in [-0.4, -0.2) is 5.54 Å². The van der Waals surface area contributed by atoms with Crippen LogP contribution in [0, 0.1) is 5.41 Å². The van der Waals surface area contributed by atoms with Crippen LogP contribution in [0.2, 0.25) is 0 Å². The summed E-state index contributed by atoms with van der Waals surface area (Å²) < 4.78 is 0. The van der Waals surface area contributed by atoms with Crippen LogP contribution in [-0.2, 0) is 6.42 Å². The average Bonchev–Trinajstić information content (AvgIpc) is 2.25. The molecule has 0 bridgehead atoms. The maximum Gasteiger partial charge on any atom is 0.0195 e. The molecule has 1 aromatic carbocycles. The van der Waals surface area contributed by atoms with Gasteiger partial charge < -0.3 is 5.73 Å². The molecule has 0 aliphatic heterocycles. The Bertz CT molecular complexity index is 335. The zero-order valence-electron chi connectivity index (χ0n) is 10.9. The molecule has 1 saturated carbocycles.